The van der Waals surface area contributed by atoms with Crippen molar-refractivity contribution in [3.63, 3.8) is 0 Å². The van der Waals surface area contributed by atoms with Crippen LogP contribution in [-0.2, 0) is 19.3 Å². The van der Waals surface area contributed by atoms with Crippen molar-refractivity contribution in [1.82, 2.24) is 9.80 Å². The van der Waals surface area contributed by atoms with Gasteiger partial charge in [-0.25, -0.2) is 0 Å². The van der Waals surface area contributed by atoms with Crippen LogP contribution in [0.15, 0.2) is 70.1 Å². The molecule has 13 heteroatoms. The van der Waals surface area contributed by atoms with Gasteiger partial charge in [0.25, 0.3) is 5.91 Å². The molecule has 39 heavy (non-hydrogen) atoms. The van der Waals surface area contributed by atoms with Crippen molar-refractivity contribution in [3.8, 4) is 11.5 Å². The van der Waals surface area contributed by atoms with Crippen LogP contribution in [0.5, 0.6) is 11.5 Å². The molecule has 0 N–H and O–H groups in total. The van der Waals surface area contributed by atoms with E-state index in [1.165, 1.54) is 41.3 Å². The second-order valence-corrected chi connectivity index (χ2v) is 8.67. The maximum atomic E-state index is 12.8. The van der Waals surface area contributed by atoms with E-state index in [2.05, 4.69) is 4.74 Å². The number of carbonyl (C=O) groups excluding carboxylic acids is 1. The lowest BCUT2D eigenvalue weighted by Crippen LogP contribution is -2.48. The first kappa shape index (κ1) is 28.0. The van der Waals surface area contributed by atoms with Crippen LogP contribution >= 0.6 is 0 Å². The number of nitrogens with zero attached hydrogens (tertiary/aromatic N) is 2. The molecule has 1 aliphatic heterocycles. The molecule has 4 rings (SSSR count). The summed E-state index contributed by atoms with van der Waals surface area (Å²) >= 11 is 0. The van der Waals surface area contributed by atoms with Gasteiger partial charge in [-0.05, 0) is 29.8 Å². The molecule has 0 unspecified atom stereocenters. The minimum absolute atomic E-state index is 0.103. The molecule has 0 aliphatic carbocycles. The molecule has 0 bridgehead atoms. The van der Waals surface area contributed by atoms with Gasteiger partial charge in [-0.1, -0.05) is 24.3 Å². The Balaban J connectivity index is 1.30. The van der Waals surface area contributed by atoms with E-state index in [1.54, 1.807) is 0 Å². The molecular weight excluding hydrogens is 534 g/mol. The van der Waals surface area contributed by atoms with Gasteiger partial charge in [-0.3, -0.25) is 14.5 Å². The highest BCUT2D eigenvalue weighted by molar-refractivity contribution is 5.97. The van der Waals surface area contributed by atoms with E-state index in [0.717, 1.165) is 24.5 Å². The first-order chi connectivity index (χ1) is 18.4. The van der Waals surface area contributed by atoms with Gasteiger partial charge < -0.3 is 18.8 Å². The number of hydrogen-bond acceptors (Lipinski definition) is 6. The monoisotopic (exact) mass is 556 g/mol. The molecule has 208 valence electrons. The van der Waals surface area contributed by atoms with Gasteiger partial charge in [-0.2, -0.15) is 13.2 Å². The third kappa shape index (κ3) is 7.53. The second kappa shape index (κ2) is 11.4. The lowest BCUT2D eigenvalue weighted by atomic mass is 10.1. The fourth-order valence-corrected chi connectivity index (χ4v) is 3.93. The van der Waals surface area contributed by atoms with Crippen molar-refractivity contribution in [2.24, 2.45) is 0 Å². The van der Waals surface area contributed by atoms with Gasteiger partial charge >= 0.3 is 12.5 Å². The van der Waals surface area contributed by atoms with E-state index >= 15 is 0 Å². The number of carbonyl (C=O) groups is 1. The molecular formula is C26H22F6N2O5. The number of piperazine rings is 1. The summed E-state index contributed by atoms with van der Waals surface area (Å²) in [4.78, 5) is 28.6. The maximum Gasteiger partial charge on any atom is 0.573 e. The molecule has 1 aliphatic rings. The number of halogens is 6. The second-order valence-electron chi connectivity index (χ2n) is 8.67. The Morgan fingerprint density at radius 1 is 0.897 bits per heavy atom. The summed E-state index contributed by atoms with van der Waals surface area (Å²) in [5.74, 6) is -0.935. The van der Waals surface area contributed by atoms with E-state index in [0.29, 0.717) is 24.4 Å². The van der Waals surface area contributed by atoms with Crippen molar-refractivity contribution in [2.75, 3.05) is 26.2 Å². The molecule has 2 heterocycles. The Labute approximate surface area is 218 Å². The summed E-state index contributed by atoms with van der Waals surface area (Å²) in [5.41, 5.74) is -1.02. The summed E-state index contributed by atoms with van der Waals surface area (Å²) in [5, 5.41) is 0. The highest BCUT2D eigenvalue weighted by Gasteiger charge is 2.34. The third-order valence-electron chi connectivity index (χ3n) is 5.91. The number of benzene rings is 2. The molecule has 2 aromatic carbocycles. The van der Waals surface area contributed by atoms with E-state index in [4.69, 9.17) is 9.15 Å². The van der Waals surface area contributed by atoms with Crippen LogP contribution in [0, 0.1) is 0 Å². The number of hydrogen-bond donors (Lipinski definition) is 0. The smallest absolute Gasteiger partial charge is 0.482 e. The van der Waals surface area contributed by atoms with Gasteiger partial charge in [0, 0.05) is 32.2 Å². The molecule has 0 atom stereocenters. The fraction of sp³-hybridized carbons (Fsp3) is 0.308. The first-order valence-corrected chi connectivity index (χ1v) is 11.7. The Hall–Kier alpha value is -4.00. The quantitative estimate of drug-likeness (QED) is 0.378. The summed E-state index contributed by atoms with van der Waals surface area (Å²) in [6.07, 6.45) is -8.25. The first-order valence-electron chi connectivity index (χ1n) is 11.7. The van der Waals surface area contributed by atoms with E-state index < -0.39 is 35.2 Å². The lowest BCUT2D eigenvalue weighted by Gasteiger charge is -2.34. The highest BCUT2D eigenvalue weighted by atomic mass is 19.4. The Bertz CT molecular complexity index is 1350. The maximum absolute atomic E-state index is 12.8. The zero-order chi connectivity index (χ0) is 28.2. The number of para-hydroxylation sites is 1. The predicted octanol–water partition coefficient (Wildman–Crippen LogP) is 5.09. The zero-order valence-corrected chi connectivity index (χ0v) is 20.2. The molecule has 3 aromatic rings. The SMILES string of the molecule is O=C(c1ccccc1OC(F)(F)F)N1CCN(Cc2cc(=O)c(OCc3ccc(C(F)(F)F)cc3)co2)CC1. The van der Waals surface area contributed by atoms with Crippen LogP contribution < -0.4 is 14.9 Å². The predicted molar refractivity (Wildman–Crippen MR) is 125 cm³/mol. The van der Waals surface area contributed by atoms with Crippen LogP contribution in [0.25, 0.3) is 0 Å². The Kier molecular flexibility index (Phi) is 8.19. The van der Waals surface area contributed by atoms with Crippen LogP contribution in [-0.4, -0.2) is 48.2 Å². The Morgan fingerprint density at radius 3 is 2.18 bits per heavy atom. The average Bonchev–Trinajstić information content (AvgIpc) is 2.87. The minimum atomic E-state index is -4.93. The van der Waals surface area contributed by atoms with Gasteiger partial charge in [0.1, 0.15) is 24.4 Å². The Morgan fingerprint density at radius 2 is 1.56 bits per heavy atom. The summed E-state index contributed by atoms with van der Waals surface area (Å²) in [6, 6.07) is 10.7. The highest BCUT2D eigenvalue weighted by Crippen LogP contribution is 2.29. The summed E-state index contributed by atoms with van der Waals surface area (Å²) < 4.78 is 90.9. The minimum Gasteiger partial charge on any atom is -0.482 e. The van der Waals surface area contributed by atoms with Crippen molar-refractivity contribution >= 4 is 5.91 Å². The van der Waals surface area contributed by atoms with Crippen LogP contribution in [0.1, 0.15) is 27.2 Å². The van der Waals surface area contributed by atoms with Crippen molar-refractivity contribution in [2.45, 2.75) is 25.7 Å². The summed E-state index contributed by atoms with van der Waals surface area (Å²) in [6.45, 7) is 1.34. The normalized spacial score (nSPS) is 14.8. The van der Waals surface area contributed by atoms with E-state index in [1.807, 2.05) is 4.90 Å². The van der Waals surface area contributed by atoms with Gasteiger partial charge in [0.15, 0.2) is 0 Å². The molecule has 7 nitrogen and oxygen atoms in total. The van der Waals surface area contributed by atoms with E-state index in [-0.39, 0.29) is 37.6 Å². The number of alkyl halides is 6. The molecule has 0 saturated carbocycles. The van der Waals surface area contributed by atoms with Crippen LogP contribution in [0.3, 0.4) is 0 Å². The molecule has 1 fully saturated rings. The summed E-state index contributed by atoms with van der Waals surface area (Å²) in [7, 11) is 0. The molecule has 0 radical (unpaired) electrons. The average molecular weight is 556 g/mol. The number of rotatable bonds is 7. The molecule has 1 amide bonds. The van der Waals surface area contributed by atoms with E-state index in [9.17, 15) is 35.9 Å². The molecule has 1 aromatic heterocycles. The molecule has 1 saturated heterocycles. The van der Waals surface area contributed by atoms with Gasteiger partial charge in [0.2, 0.25) is 11.2 Å². The van der Waals surface area contributed by atoms with Crippen molar-refractivity contribution in [1.29, 1.82) is 0 Å². The lowest BCUT2D eigenvalue weighted by molar-refractivity contribution is -0.274. The van der Waals surface area contributed by atoms with Crippen molar-refractivity contribution in [3.05, 3.63) is 93.5 Å². The molecule has 0 spiro atoms. The topological polar surface area (TPSA) is 72.2 Å². The van der Waals surface area contributed by atoms with Crippen LogP contribution in [0.2, 0.25) is 0 Å². The fourth-order valence-electron chi connectivity index (χ4n) is 3.93. The van der Waals surface area contributed by atoms with Crippen molar-refractivity contribution < 1.29 is 45.0 Å². The van der Waals surface area contributed by atoms with Gasteiger partial charge in [0.05, 0.1) is 17.7 Å². The number of ether oxygens (including phenoxy) is 2. The van der Waals surface area contributed by atoms with Gasteiger partial charge in [-0.15, -0.1) is 13.2 Å². The number of amides is 1. The third-order valence-corrected chi connectivity index (χ3v) is 5.91. The standard InChI is InChI=1S/C26H22F6N2O5/c27-25(28,29)18-7-5-17(6-8-18)15-38-23-16-37-19(13-21(23)35)14-33-9-11-34(12-10-33)24(36)20-3-1-2-4-22(20)39-26(30,31)32/h1-8,13,16H,9-12,14-15H2. The largest absolute Gasteiger partial charge is 0.573 e. The van der Waals surface area contributed by atoms with Crippen LogP contribution in [0.4, 0.5) is 26.3 Å². The zero-order valence-electron chi connectivity index (χ0n) is 20.2.